The molecule has 1 nitrogen and oxygen atoms in total. The van der Waals surface area contributed by atoms with Gasteiger partial charge in [0.15, 0.2) is 0 Å². The van der Waals surface area contributed by atoms with E-state index in [2.05, 4.69) is 43.7 Å². The smallest absolute Gasteiger partial charge is 0.0506 e. The molecule has 0 spiro atoms. The van der Waals surface area contributed by atoms with Crippen LogP contribution in [0.3, 0.4) is 0 Å². The molecule has 0 aliphatic carbocycles. The van der Waals surface area contributed by atoms with Gasteiger partial charge in [-0.1, -0.05) is 25.7 Å². The van der Waals surface area contributed by atoms with Crippen LogP contribution in [0.15, 0.2) is 18.3 Å². The van der Waals surface area contributed by atoms with E-state index in [4.69, 9.17) is 0 Å². The zero-order chi connectivity index (χ0) is 9.19. The molecule has 0 saturated heterocycles. The molecule has 0 fully saturated rings. The largest absolute Gasteiger partial charge is 0.261 e. The van der Waals surface area contributed by atoms with Crippen LogP contribution in [0.5, 0.6) is 0 Å². The topological polar surface area (TPSA) is 12.9 Å². The third-order valence-corrected chi connectivity index (χ3v) is 3.11. The number of hydrogen-bond donors (Lipinski definition) is 0. The van der Waals surface area contributed by atoms with Crippen molar-refractivity contribution in [1.29, 1.82) is 0 Å². The first-order valence-electron chi connectivity index (χ1n) is 4.39. The highest BCUT2D eigenvalue weighted by molar-refractivity contribution is 6.75. The molecule has 0 unspecified atom stereocenters. The maximum atomic E-state index is 4.40. The van der Waals surface area contributed by atoms with Gasteiger partial charge in [-0.25, -0.2) is 0 Å². The summed E-state index contributed by atoms with van der Waals surface area (Å²) >= 11 is 0. The van der Waals surface area contributed by atoms with E-state index >= 15 is 0 Å². The number of nitrogens with zero attached hydrogens (tertiary/aromatic N) is 1. The van der Waals surface area contributed by atoms with E-state index in [0.29, 0.717) is 0 Å². The average molecular weight is 179 g/mol. The highest BCUT2D eigenvalue weighted by atomic mass is 28.3. The van der Waals surface area contributed by atoms with Gasteiger partial charge in [0.05, 0.1) is 8.07 Å². The molecule has 0 atom stereocenters. The molecule has 0 amide bonds. The van der Waals surface area contributed by atoms with Crippen LogP contribution in [0.4, 0.5) is 0 Å². The Hall–Kier alpha value is -0.633. The molecule has 2 heteroatoms. The second-order valence-electron chi connectivity index (χ2n) is 4.56. The molecule has 1 aromatic heterocycles. The van der Waals surface area contributed by atoms with E-state index in [9.17, 15) is 0 Å². The predicted octanol–water partition coefficient (Wildman–Crippen LogP) is 2.81. The fourth-order valence-corrected chi connectivity index (χ4v) is 2.44. The first kappa shape index (κ1) is 9.45. The van der Waals surface area contributed by atoms with Crippen molar-refractivity contribution >= 4 is 8.07 Å². The molecule has 0 radical (unpaired) electrons. The van der Waals surface area contributed by atoms with Crippen LogP contribution in [0, 0.1) is 6.92 Å². The molecule has 0 bridgehead atoms. The SMILES string of the molecule is Cc1ccc(C[Si](C)(C)C)nc1. The van der Waals surface area contributed by atoms with Crippen molar-refractivity contribution in [3.63, 3.8) is 0 Å². The van der Waals surface area contributed by atoms with Crippen molar-refractivity contribution in [2.45, 2.75) is 32.6 Å². The quantitative estimate of drug-likeness (QED) is 0.636. The Morgan fingerprint density at radius 2 is 1.92 bits per heavy atom. The van der Waals surface area contributed by atoms with E-state index in [-0.39, 0.29) is 0 Å². The third-order valence-electron chi connectivity index (χ3n) is 1.68. The predicted molar refractivity (Wildman–Crippen MR) is 56.0 cm³/mol. The zero-order valence-electron chi connectivity index (χ0n) is 8.39. The second kappa shape index (κ2) is 3.40. The summed E-state index contributed by atoms with van der Waals surface area (Å²) in [4.78, 5) is 4.40. The Morgan fingerprint density at radius 3 is 2.33 bits per heavy atom. The molecular formula is C10H17NSi. The van der Waals surface area contributed by atoms with Gasteiger partial charge in [-0.2, -0.15) is 0 Å². The van der Waals surface area contributed by atoms with Crippen molar-refractivity contribution in [2.75, 3.05) is 0 Å². The van der Waals surface area contributed by atoms with E-state index < -0.39 is 8.07 Å². The van der Waals surface area contributed by atoms with E-state index in [1.54, 1.807) is 0 Å². The Kier molecular flexibility index (Phi) is 2.68. The molecule has 0 saturated carbocycles. The summed E-state index contributed by atoms with van der Waals surface area (Å²) in [5, 5.41) is 0. The molecule has 0 aliphatic heterocycles. The van der Waals surface area contributed by atoms with Crippen molar-refractivity contribution in [1.82, 2.24) is 4.98 Å². The zero-order valence-corrected chi connectivity index (χ0v) is 9.39. The summed E-state index contributed by atoms with van der Waals surface area (Å²) in [5.41, 5.74) is 2.49. The molecule has 1 rings (SSSR count). The Labute approximate surface area is 75.9 Å². The van der Waals surface area contributed by atoms with Crippen LogP contribution >= 0.6 is 0 Å². The van der Waals surface area contributed by atoms with Gasteiger partial charge >= 0.3 is 0 Å². The summed E-state index contributed by atoms with van der Waals surface area (Å²) in [6.45, 7) is 9.18. The third kappa shape index (κ3) is 3.18. The van der Waals surface area contributed by atoms with Crippen LogP contribution in [0.2, 0.25) is 19.6 Å². The number of pyridine rings is 1. The highest BCUT2D eigenvalue weighted by Crippen LogP contribution is 2.09. The summed E-state index contributed by atoms with van der Waals surface area (Å²) in [7, 11) is -0.978. The Balaban J connectivity index is 2.71. The lowest BCUT2D eigenvalue weighted by Crippen LogP contribution is -2.24. The minimum atomic E-state index is -0.978. The summed E-state index contributed by atoms with van der Waals surface area (Å²) < 4.78 is 0. The number of rotatable bonds is 2. The first-order valence-corrected chi connectivity index (χ1v) is 8.10. The Morgan fingerprint density at radius 1 is 1.25 bits per heavy atom. The summed E-state index contributed by atoms with van der Waals surface area (Å²) in [6, 6.07) is 5.48. The van der Waals surface area contributed by atoms with Crippen molar-refractivity contribution in [2.24, 2.45) is 0 Å². The van der Waals surface area contributed by atoms with Crippen LogP contribution in [0.1, 0.15) is 11.3 Å². The van der Waals surface area contributed by atoms with Crippen molar-refractivity contribution in [3.05, 3.63) is 29.6 Å². The van der Waals surface area contributed by atoms with Gasteiger partial charge in [-0.05, 0) is 24.6 Å². The van der Waals surface area contributed by atoms with Crippen LogP contribution < -0.4 is 0 Å². The monoisotopic (exact) mass is 179 g/mol. The summed E-state index contributed by atoms with van der Waals surface area (Å²) in [6.07, 6.45) is 1.95. The van der Waals surface area contributed by atoms with Crippen LogP contribution in [-0.4, -0.2) is 13.1 Å². The molecule has 0 aliphatic rings. The lowest BCUT2D eigenvalue weighted by Gasteiger charge is -2.14. The molecule has 0 N–H and O–H groups in total. The van der Waals surface area contributed by atoms with E-state index in [0.717, 1.165) is 0 Å². The van der Waals surface area contributed by atoms with Crippen LogP contribution in [-0.2, 0) is 6.04 Å². The lowest BCUT2D eigenvalue weighted by atomic mass is 10.3. The second-order valence-corrected chi connectivity index (χ2v) is 10.0. The van der Waals surface area contributed by atoms with Gasteiger partial charge in [-0.3, -0.25) is 4.98 Å². The van der Waals surface area contributed by atoms with Crippen molar-refractivity contribution in [3.8, 4) is 0 Å². The average Bonchev–Trinajstić information content (AvgIpc) is 1.91. The number of hydrogen-bond acceptors (Lipinski definition) is 1. The summed E-state index contributed by atoms with van der Waals surface area (Å²) in [5.74, 6) is 0. The van der Waals surface area contributed by atoms with Gasteiger partial charge < -0.3 is 0 Å². The first-order chi connectivity index (χ1) is 5.47. The molecule has 1 aromatic rings. The molecular weight excluding hydrogens is 162 g/mol. The maximum Gasteiger partial charge on any atom is 0.0506 e. The van der Waals surface area contributed by atoms with Gasteiger partial charge in [0.1, 0.15) is 0 Å². The fraction of sp³-hybridized carbons (Fsp3) is 0.500. The van der Waals surface area contributed by atoms with Gasteiger partial charge in [0, 0.05) is 11.9 Å². The van der Waals surface area contributed by atoms with Gasteiger partial charge in [-0.15, -0.1) is 0 Å². The Bertz CT molecular complexity index is 246. The number of aryl methyl sites for hydroxylation is 1. The van der Waals surface area contributed by atoms with Crippen molar-refractivity contribution < 1.29 is 0 Å². The molecule has 12 heavy (non-hydrogen) atoms. The van der Waals surface area contributed by atoms with Gasteiger partial charge in [0.2, 0.25) is 0 Å². The minimum absolute atomic E-state index is 0.978. The highest BCUT2D eigenvalue weighted by Gasteiger charge is 2.13. The fourth-order valence-electron chi connectivity index (χ4n) is 1.15. The van der Waals surface area contributed by atoms with E-state index in [1.165, 1.54) is 17.3 Å². The van der Waals surface area contributed by atoms with Gasteiger partial charge in [0.25, 0.3) is 0 Å². The minimum Gasteiger partial charge on any atom is -0.261 e. The lowest BCUT2D eigenvalue weighted by molar-refractivity contribution is 1.12. The number of aromatic nitrogens is 1. The molecule has 1 heterocycles. The normalized spacial score (nSPS) is 11.7. The maximum absolute atomic E-state index is 4.40. The standard InChI is InChI=1S/C10H17NSi/c1-9-5-6-10(11-7-9)8-12(2,3)4/h5-7H,8H2,1-4H3. The molecule has 0 aromatic carbocycles. The molecule has 66 valence electrons. The van der Waals surface area contributed by atoms with Crippen LogP contribution in [0.25, 0.3) is 0 Å². The van der Waals surface area contributed by atoms with E-state index in [1.807, 2.05) is 6.20 Å².